The lowest BCUT2D eigenvalue weighted by molar-refractivity contribution is 0.0957. The SMILES string of the molecule is CSc1c(C#N)cc(-c2ccc(Br)cc2)n1C(C#N)(C#N)CC(=O)c1ccc(Br)cc1. The van der Waals surface area contributed by atoms with Crippen LogP contribution in [0.3, 0.4) is 0 Å². The Kier molecular flexibility index (Phi) is 7.03. The zero-order valence-corrected chi connectivity index (χ0v) is 20.3. The second kappa shape index (κ2) is 9.54. The Balaban J connectivity index is 2.21. The van der Waals surface area contributed by atoms with Gasteiger partial charge in [-0.3, -0.25) is 4.79 Å². The van der Waals surface area contributed by atoms with E-state index in [4.69, 9.17) is 0 Å². The van der Waals surface area contributed by atoms with Gasteiger partial charge >= 0.3 is 0 Å². The molecule has 1 heterocycles. The predicted molar refractivity (Wildman–Crippen MR) is 126 cm³/mol. The minimum absolute atomic E-state index is 0.336. The van der Waals surface area contributed by atoms with Gasteiger partial charge in [-0.2, -0.15) is 15.8 Å². The maximum Gasteiger partial charge on any atom is 0.226 e. The molecule has 0 atom stereocenters. The molecule has 8 heteroatoms. The molecule has 0 unspecified atom stereocenters. The van der Waals surface area contributed by atoms with Crippen LogP contribution in [-0.2, 0) is 5.54 Å². The third kappa shape index (κ3) is 4.45. The highest BCUT2D eigenvalue weighted by atomic mass is 79.9. The molecule has 0 spiro atoms. The number of aromatic nitrogens is 1. The van der Waals surface area contributed by atoms with Gasteiger partial charge in [-0.05, 0) is 42.2 Å². The summed E-state index contributed by atoms with van der Waals surface area (Å²) in [6.07, 6.45) is 1.42. The summed E-state index contributed by atoms with van der Waals surface area (Å²) in [4.78, 5) is 13.0. The molecule has 2 aromatic carbocycles. The number of halogens is 2. The van der Waals surface area contributed by atoms with E-state index in [2.05, 4.69) is 50.1 Å². The van der Waals surface area contributed by atoms with E-state index >= 15 is 0 Å². The van der Waals surface area contributed by atoms with Crippen LogP contribution in [0, 0.1) is 34.0 Å². The number of hydrogen-bond acceptors (Lipinski definition) is 5. The molecule has 0 saturated carbocycles. The molecule has 0 aliphatic carbocycles. The molecule has 0 radical (unpaired) electrons. The van der Waals surface area contributed by atoms with E-state index in [0.29, 0.717) is 21.8 Å². The van der Waals surface area contributed by atoms with Crippen LogP contribution in [0.2, 0.25) is 0 Å². The first-order valence-electron chi connectivity index (χ1n) is 8.96. The average Bonchev–Trinajstić information content (AvgIpc) is 3.17. The van der Waals surface area contributed by atoms with Crippen molar-refractivity contribution >= 4 is 49.4 Å². The fourth-order valence-corrected chi connectivity index (χ4v) is 4.53. The highest BCUT2D eigenvalue weighted by molar-refractivity contribution is 9.10. The van der Waals surface area contributed by atoms with Crippen molar-refractivity contribution in [1.29, 1.82) is 15.8 Å². The summed E-state index contributed by atoms with van der Waals surface area (Å²) < 4.78 is 3.22. The fraction of sp³-hybridized carbons (Fsp3) is 0.130. The highest BCUT2D eigenvalue weighted by Crippen LogP contribution is 2.38. The Morgan fingerprint density at radius 3 is 2.03 bits per heavy atom. The predicted octanol–water partition coefficient (Wildman–Crippen LogP) is 6.29. The van der Waals surface area contributed by atoms with Crippen molar-refractivity contribution in [2.24, 2.45) is 0 Å². The second-order valence-corrected chi connectivity index (χ2v) is 9.22. The Hall–Kier alpha value is -2.83. The topological polar surface area (TPSA) is 93.4 Å². The smallest absolute Gasteiger partial charge is 0.226 e. The summed E-state index contributed by atoms with van der Waals surface area (Å²) in [5.41, 5.74) is 0.184. The van der Waals surface area contributed by atoms with Crippen molar-refractivity contribution in [3.05, 3.63) is 74.7 Å². The molecule has 0 amide bonds. The fourth-order valence-electron chi connectivity index (χ4n) is 3.24. The van der Waals surface area contributed by atoms with E-state index in [1.54, 1.807) is 36.6 Å². The summed E-state index contributed by atoms with van der Waals surface area (Å²) >= 11 is 7.99. The molecule has 1 aromatic heterocycles. The van der Waals surface area contributed by atoms with Gasteiger partial charge in [-0.1, -0.05) is 56.1 Å². The van der Waals surface area contributed by atoms with Crippen molar-refractivity contribution in [3.63, 3.8) is 0 Å². The molecule has 31 heavy (non-hydrogen) atoms. The number of thioether (sulfide) groups is 1. The molecular formula is C23H14Br2N4OS. The molecule has 3 rings (SSSR count). The first-order chi connectivity index (χ1) is 14.9. The van der Waals surface area contributed by atoms with Crippen molar-refractivity contribution in [1.82, 2.24) is 4.57 Å². The number of nitrogens with zero attached hydrogens (tertiary/aromatic N) is 4. The molecule has 5 nitrogen and oxygen atoms in total. The summed E-state index contributed by atoms with van der Waals surface area (Å²) in [7, 11) is 0. The highest BCUT2D eigenvalue weighted by Gasteiger charge is 2.40. The quantitative estimate of drug-likeness (QED) is 0.264. The largest absolute Gasteiger partial charge is 0.303 e. The van der Waals surface area contributed by atoms with E-state index in [1.807, 2.05) is 24.3 Å². The number of carbonyl (C=O) groups excluding carboxylic acids is 1. The zero-order valence-electron chi connectivity index (χ0n) is 16.3. The number of hydrogen-bond donors (Lipinski definition) is 0. The van der Waals surface area contributed by atoms with E-state index in [9.17, 15) is 20.6 Å². The number of nitriles is 3. The van der Waals surface area contributed by atoms with Gasteiger partial charge in [0.15, 0.2) is 5.78 Å². The molecular weight excluding hydrogens is 540 g/mol. The number of ketones is 1. The minimum atomic E-state index is -1.82. The molecule has 0 aliphatic heterocycles. The van der Waals surface area contributed by atoms with Crippen LogP contribution in [0.1, 0.15) is 22.3 Å². The lowest BCUT2D eigenvalue weighted by atomic mass is 9.92. The Bertz CT molecular complexity index is 1250. The first kappa shape index (κ1) is 22.8. The Morgan fingerprint density at radius 1 is 1.00 bits per heavy atom. The van der Waals surface area contributed by atoms with Gasteiger partial charge in [-0.15, -0.1) is 11.8 Å². The van der Waals surface area contributed by atoms with Crippen molar-refractivity contribution in [3.8, 4) is 29.5 Å². The molecule has 0 bridgehead atoms. The van der Waals surface area contributed by atoms with Gasteiger partial charge in [-0.25, -0.2) is 0 Å². The molecule has 0 aliphatic rings. The van der Waals surface area contributed by atoms with Gasteiger partial charge in [0.2, 0.25) is 5.54 Å². The normalized spacial score (nSPS) is 10.7. The summed E-state index contributed by atoms with van der Waals surface area (Å²) in [6, 6.07) is 22.0. The minimum Gasteiger partial charge on any atom is -0.303 e. The lowest BCUT2D eigenvalue weighted by Gasteiger charge is -2.25. The summed E-state index contributed by atoms with van der Waals surface area (Å²) in [5, 5.41) is 30.4. The zero-order chi connectivity index (χ0) is 22.6. The molecule has 3 aromatic rings. The number of carbonyl (C=O) groups is 1. The number of benzene rings is 2. The van der Waals surface area contributed by atoms with E-state index in [0.717, 1.165) is 14.5 Å². The summed E-state index contributed by atoms with van der Waals surface area (Å²) in [6.45, 7) is 0. The first-order valence-corrected chi connectivity index (χ1v) is 11.8. The van der Waals surface area contributed by atoms with Crippen molar-refractivity contribution < 1.29 is 4.79 Å². The molecule has 0 fully saturated rings. The Labute approximate surface area is 201 Å². The van der Waals surface area contributed by atoms with Crippen LogP contribution in [-0.4, -0.2) is 16.6 Å². The van der Waals surface area contributed by atoms with Crippen LogP contribution in [0.5, 0.6) is 0 Å². The van der Waals surface area contributed by atoms with Crippen LogP contribution >= 0.6 is 43.6 Å². The molecule has 152 valence electrons. The number of rotatable bonds is 6. The second-order valence-electron chi connectivity index (χ2n) is 6.60. The van der Waals surface area contributed by atoms with Crippen molar-refractivity contribution in [2.45, 2.75) is 17.0 Å². The third-order valence-corrected chi connectivity index (χ3v) is 6.59. The van der Waals surface area contributed by atoms with Crippen LogP contribution in [0.4, 0.5) is 0 Å². The number of Topliss-reactive ketones (excluding diaryl/α,β-unsaturated/α-hetero) is 1. The van der Waals surface area contributed by atoms with Crippen LogP contribution in [0.25, 0.3) is 11.3 Å². The van der Waals surface area contributed by atoms with E-state index in [1.165, 1.54) is 16.3 Å². The van der Waals surface area contributed by atoms with Gasteiger partial charge in [0.05, 0.1) is 22.7 Å². The monoisotopic (exact) mass is 552 g/mol. The van der Waals surface area contributed by atoms with Gasteiger partial charge in [0, 0.05) is 14.5 Å². The van der Waals surface area contributed by atoms with Crippen LogP contribution < -0.4 is 0 Å². The van der Waals surface area contributed by atoms with E-state index < -0.39 is 5.54 Å². The van der Waals surface area contributed by atoms with Gasteiger partial charge in [0.25, 0.3) is 0 Å². The van der Waals surface area contributed by atoms with E-state index in [-0.39, 0.29) is 12.2 Å². The standard InChI is InChI=1S/C23H14Br2N4OS/c1-31-22-17(12-26)10-20(15-2-6-18(24)7-3-15)29(22)23(13-27,14-28)11-21(30)16-4-8-19(25)9-5-16/h2-10H,11H2,1H3. The molecule has 0 saturated heterocycles. The maximum atomic E-state index is 13.0. The Morgan fingerprint density at radius 2 is 1.55 bits per heavy atom. The van der Waals surface area contributed by atoms with Crippen LogP contribution in [0.15, 0.2) is 68.6 Å². The summed E-state index contributed by atoms with van der Waals surface area (Å²) in [5.74, 6) is -0.336. The van der Waals surface area contributed by atoms with Gasteiger partial charge in [0.1, 0.15) is 18.2 Å². The van der Waals surface area contributed by atoms with Crippen molar-refractivity contribution in [2.75, 3.05) is 6.26 Å². The molecule has 0 N–H and O–H groups in total. The maximum absolute atomic E-state index is 13.0. The lowest BCUT2D eigenvalue weighted by Crippen LogP contribution is -2.34. The third-order valence-electron chi connectivity index (χ3n) is 4.74. The average molecular weight is 554 g/mol. The van der Waals surface area contributed by atoms with Gasteiger partial charge < -0.3 is 4.57 Å².